The van der Waals surface area contributed by atoms with Crippen LogP contribution in [0, 0.1) is 0 Å². The highest BCUT2D eigenvalue weighted by atomic mass is 35.5. The number of hydrogen-bond donors (Lipinski definition) is 0. The van der Waals surface area contributed by atoms with Crippen LogP contribution in [-0.4, -0.2) is 32.1 Å². The summed E-state index contributed by atoms with van der Waals surface area (Å²) in [4.78, 5) is 13.4. The smallest absolute Gasteiger partial charge is 0.340 e. The summed E-state index contributed by atoms with van der Waals surface area (Å²) in [7, 11) is 4.95. The lowest BCUT2D eigenvalue weighted by Gasteiger charge is -2.12. The zero-order valence-corrected chi connectivity index (χ0v) is 11.3. The number of nitrogens with zero attached hydrogens (tertiary/aromatic N) is 1. The van der Waals surface area contributed by atoms with E-state index in [4.69, 9.17) is 27.9 Å². The van der Waals surface area contributed by atoms with Gasteiger partial charge in [0, 0.05) is 30.9 Å². The molecule has 0 atom stereocenters. The Morgan fingerprint density at radius 2 is 2.00 bits per heavy atom. The number of rotatable bonds is 3. The first-order valence-corrected chi connectivity index (χ1v) is 5.63. The van der Waals surface area contributed by atoms with Crippen LogP contribution in [0.2, 0.25) is 10.0 Å². The van der Waals surface area contributed by atoms with Crippen molar-refractivity contribution in [2.45, 2.75) is 0 Å². The number of ether oxygens (including phenoxy) is 1. The lowest BCUT2D eigenvalue weighted by Crippen LogP contribution is -2.10. The van der Waals surface area contributed by atoms with E-state index in [0.717, 1.165) is 0 Å². The number of benzene rings is 1. The van der Waals surface area contributed by atoms with Gasteiger partial charge in [-0.3, -0.25) is 0 Å². The molecule has 0 spiro atoms. The van der Waals surface area contributed by atoms with Gasteiger partial charge >= 0.3 is 5.97 Å². The van der Waals surface area contributed by atoms with Gasteiger partial charge in [-0.2, -0.15) is 0 Å². The Labute approximate surface area is 111 Å². The molecule has 17 heavy (non-hydrogen) atoms. The third-order valence-electron chi connectivity index (χ3n) is 2.01. The largest absolute Gasteiger partial charge is 0.465 e. The van der Waals surface area contributed by atoms with Crippen LogP contribution >= 0.6 is 23.2 Å². The fourth-order valence-corrected chi connectivity index (χ4v) is 1.82. The maximum Gasteiger partial charge on any atom is 0.340 e. The highest BCUT2D eigenvalue weighted by molar-refractivity contribution is 6.37. The molecule has 0 unspecified atom stereocenters. The van der Waals surface area contributed by atoms with Crippen molar-refractivity contribution < 1.29 is 9.53 Å². The van der Waals surface area contributed by atoms with Crippen molar-refractivity contribution >= 4 is 34.7 Å². The molecule has 0 amide bonds. The Morgan fingerprint density at radius 1 is 1.35 bits per heavy atom. The molecule has 1 rings (SSSR count). The van der Waals surface area contributed by atoms with E-state index in [-0.39, 0.29) is 0 Å². The molecule has 5 heteroatoms. The zero-order chi connectivity index (χ0) is 13.0. The lowest BCUT2D eigenvalue weighted by molar-refractivity contribution is -0.133. The van der Waals surface area contributed by atoms with E-state index in [1.807, 2.05) is 14.1 Å². The van der Waals surface area contributed by atoms with Gasteiger partial charge in [-0.1, -0.05) is 29.3 Å². The molecular weight excluding hydrogens is 261 g/mol. The van der Waals surface area contributed by atoms with E-state index < -0.39 is 5.97 Å². The van der Waals surface area contributed by atoms with Crippen LogP contribution in [0.5, 0.6) is 0 Å². The third kappa shape index (κ3) is 3.65. The molecule has 92 valence electrons. The Bertz CT molecular complexity index is 456. The maximum absolute atomic E-state index is 11.7. The monoisotopic (exact) mass is 273 g/mol. The van der Waals surface area contributed by atoms with Gasteiger partial charge in [0.2, 0.25) is 0 Å². The molecule has 0 heterocycles. The lowest BCUT2D eigenvalue weighted by atomic mass is 10.1. The molecule has 0 bridgehead atoms. The summed E-state index contributed by atoms with van der Waals surface area (Å²) < 4.78 is 4.73. The minimum atomic E-state index is -0.442. The standard InChI is InChI=1S/C12H13Cl2NO2/c1-15(2)7-10(12(16)17-3)9-5-4-8(13)6-11(9)14/h4-7H,1-3H3/b10-7-. The molecular formula is C12H13Cl2NO2. The van der Waals surface area contributed by atoms with Gasteiger partial charge in [-0.05, 0) is 12.1 Å². The average Bonchev–Trinajstić information content (AvgIpc) is 2.25. The molecule has 0 aliphatic heterocycles. The first-order valence-electron chi connectivity index (χ1n) is 4.87. The van der Waals surface area contributed by atoms with Crippen molar-refractivity contribution in [2.75, 3.05) is 21.2 Å². The summed E-state index contributed by atoms with van der Waals surface area (Å²) in [6, 6.07) is 4.96. The molecule has 0 saturated carbocycles. The van der Waals surface area contributed by atoms with Gasteiger partial charge in [0.15, 0.2) is 0 Å². The molecule has 0 radical (unpaired) electrons. The van der Waals surface area contributed by atoms with E-state index in [1.165, 1.54) is 7.11 Å². The Morgan fingerprint density at radius 3 is 2.47 bits per heavy atom. The summed E-state index contributed by atoms with van der Waals surface area (Å²) in [5.41, 5.74) is 0.982. The zero-order valence-electron chi connectivity index (χ0n) is 9.83. The van der Waals surface area contributed by atoms with E-state index in [1.54, 1.807) is 29.3 Å². The normalized spacial score (nSPS) is 11.2. The van der Waals surface area contributed by atoms with Crippen LogP contribution in [0.3, 0.4) is 0 Å². The van der Waals surface area contributed by atoms with Crippen LogP contribution in [-0.2, 0) is 9.53 Å². The number of carbonyl (C=O) groups excluding carboxylic acids is 1. The molecule has 1 aromatic carbocycles. The molecule has 3 nitrogen and oxygen atoms in total. The number of esters is 1. The van der Waals surface area contributed by atoms with Crippen molar-refractivity contribution in [1.82, 2.24) is 4.90 Å². The van der Waals surface area contributed by atoms with Crippen LogP contribution in [0.25, 0.3) is 5.57 Å². The second-order valence-electron chi connectivity index (χ2n) is 3.62. The predicted molar refractivity (Wildman–Crippen MR) is 70.1 cm³/mol. The van der Waals surface area contributed by atoms with Crippen molar-refractivity contribution in [3.8, 4) is 0 Å². The Kier molecular flexibility index (Phi) is 4.85. The van der Waals surface area contributed by atoms with Crippen molar-refractivity contribution in [2.24, 2.45) is 0 Å². The van der Waals surface area contributed by atoms with E-state index >= 15 is 0 Å². The average molecular weight is 274 g/mol. The molecule has 0 saturated heterocycles. The number of halogens is 2. The SMILES string of the molecule is COC(=O)/C(=C\N(C)C)c1ccc(Cl)cc1Cl. The summed E-state index contributed by atoms with van der Waals surface area (Å²) in [6.45, 7) is 0. The molecule has 1 aromatic rings. The summed E-state index contributed by atoms with van der Waals surface area (Å²) >= 11 is 11.9. The molecule has 0 fully saturated rings. The minimum absolute atomic E-state index is 0.388. The second-order valence-corrected chi connectivity index (χ2v) is 4.47. The topological polar surface area (TPSA) is 29.5 Å². The van der Waals surface area contributed by atoms with Crippen molar-refractivity contribution in [3.05, 3.63) is 40.0 Å². The fourth-order valence-electron chi connectivity index (χ4n) is 1.31. The number of hydrogen-bond acceptors (Lipinski definition) is 3. The van der Waals surface area contributed by atoms with E-state index in [0.29, 0.717) is 21.2 Å². The Hall–Kier alpha value is -1.19. The second kappa shape index (κ2) is 5.94. The van der Waals surface area contributed by atoms with Gasteiger partial charge in [0.05, 0.1) is 17.7 Å². The molecule has 0 aliphatic carbocycles. The highest BCUT2D eigenvalue weighted by Crippen LogP contribution is 2.27. The van der Waals surface area contributed by atoms with Gasteiger partial charge in [0.1, 0.15) is 0 Å². The quantitative estimate of drug-likeness (QED) is 0.626. The summed E-state index contributed by atoms with van der Waals surface area (Å²) in [5.74, 6) is -0.442. The molecule has 0 N–H and O–H groups in total. The van der Waals surface area contributed by atoms with Gasteiger partial charge in [-0.25, -0.2) is 4.79 Å². The third-order valence-corrected chi connectivity index (χ3v) is 2.56. The van der Waals surface area contributed by atoms with Crippen LogP contribution in [0.4, 0.5) is 0 Å². The highest BCUT2D eigenvalue weighted by Gasteiger charge is 2.16. The van der Waals surface area contributed by atoms with Crippen LogP contribution < -0.4 is 0 Å². The van der Waals surface area contributed by atoms with Crippen molar-refractivity contribution in [3.63, 3.8) is 0 Å². The maximum atomic E-state index is 11.7. The van der Waals surface area contributed by atoms with E-state index in [9.17, 15) is 4.79 Å². The first kappa shape index (κ1) is 13.9. The first-order chi connectivity index (χ1) is 7.95. The van der Waals surface area contributed by atoms with Crippen LogP contribution in [0.15, 0.2) is 24.4 Å². The Balaban J connectivity index is 3.27. The number of carbonyl (C=O) groups is 1. The van der Waals surface area contributed by atoms with E-state index in [2.05, 4.69) is 0 Å². The summed E-state index contributed by atoms with van der Waals surface area (Å²) in [6.07, 6.45) is 1.65. The van der Waals surface area contributed by atoms with Gasteiger partial charge < -0.3 is 9.64 Å². The molecule has 0 aliphatic rings. The van der Waals surface area contributed by atoms with Gasteiger partial charge in [0.25, 0.3) is 0 Å². The van der Waals surface area contributed by atoms with Crippen molar-refractivity contribution in [1.29, 1.82) is 0 Å². The predicted octanol–water partition coefficient (Wildman–Crippen LogP) is 3.07. The molecule has 0 aromatic heterocycles. The van der Waals surface area contributed by atoms with Gasteiger partial charge in [-0.15, -0.1) is 0 Å². The minimum Gasteiger partial charge on any atom is -0.465 e. The summed E-state index contributed by atoms with van der Waals surface area (Å²) in [5, 5.41) is 0.934. The van der Waals surface area contributed by atoms with Crippen LogP contribution in [0.1, 0.15) is 5.56 Å². The fraction of sp³-hybridized carbons (Fsp3) is 0.250. The number of methoxy groups -OCH3 is 1.